The Bertz CT molecular complexity index is 435. The average Bonchev–Trinajstić information content (AvgIpc) is 2.22. The van der Waals surface area contributed by atoms with Gasteiger partial charge in [-0.2, -0.15) is 17.6 Å². The Balaban J connectivity index is 2.98. The SMILES string of the molecule is Nc1ccc(OC(F)(F)C(F)(F)C(F)F)cc1F. The zero-order valence-corrected chi connectivity index (χ0v) is 8.44. The maximum atomic E-state index is 12.8. The van der Waals surface area contributed by atoms with E-state index in [9.17, 15) is 30.7 Å². The lowest BCUT2D eigenvalue weighted by Crippen LogP contribution is -2.50. The fourth-order valence-electron chi connectivity index (χ4n) is 0.914. The third-order valence-electron chi connectivity index (χ3n) is 1.88. The van der Waals surface area contributed by atoms with Gasteiger partial charge in [0, 0.05) is 6.07 Å². The predicted octanol–water partition coefficient (Wildman–Crippen LogP) is 3.28. The van der Waals surface area contributed by atoms with Crippen LogP contribution in [0.25, 0.3) is 0 Å². The molecular formula is C9H6F7NO. The normalized spacial score (nSPS) is 12.9. The topological polar surface area (TPSA) is 35.2 Å². The summed E-state index contributed by atoms with van der Waals surface area (Å²) in [5.74, 6) is -7.96. The third-order valence-corrected chi connectivity index (χ3v) is 1.88. The lowest BCUT2D eigenvalue weighted by atomic mass is 10.3. The summed E-state index contributed by atoms with van der Waals surface area (Å²) < 4.78 is 90.2. The van der Waals surface area contributed by atoms with Crippen molar-refractivity contribution in [2.75, 3.05) is 5.73 Å². The van der Waals surface area contributed by atoms with Crippen LogP contribution in [0.3, 0.4) is 0 Å². The maximum absolute atomic E-state index is 12.8. The van der Waals surface area contributed by atoms with Gasteiger partial charge in [-0.3, -0.25) is 0 Å². The van der Waals surface area contributed by atoms with Crippen LogP contribution in [-0.4, -0.2) is 18.5 Å². The Morgan fingerprint density at radius 2 is 1.67 bits per heavy atom. The molecule has 18 heavy (non-hydrogen) atoms. The molecule has 9 heteroatoms. The highest BCUT2D eigenvalue weighted by molar-refractivity contribution is 5.43. The van der Waals surface area contributed by atoms with Crippen LogP contribution < -0.4 is 10.5 Å². The first-order valence-corrected chi connectivity index (χ1v) is 4.35. The van der Waals surface area contributed by atoms with Crippen LogP contribution in [0.5, 0.6) is 5.75 Å². The molecule has 0 fully saturated rings. The molecule has 0 bridgehead atoms. The van der Waals surface area contributed by atoms with Gasteiger partial charge in [0.05, 0.1) is 5.69 Å². The van der Waals surface area contributed by atoms with E-state index in [0.717, 1.165) is 6.07 Å². The van der Waals surface area contributed by atoms with E-state index in [-0.39, 0.29) is 6.07 Å². The molecule has 102 valence electrons. The number of ether oxygens (including phenoxy) is 1. The van der Waals surface area contributed by atoms with E-state index in [1.807, 2.05) is 0 Å². The minimum atomic E-state index is -5.70. The monoisotopic (exact) mass is 277 g/mol. The molecule has 2 nitrogen and oxygen atoms in total. The standard InChI is InChI=1S/C9H6F7NO/c10-5-3-4(1-2-6(5)17)18-9(15,16)8(13,14)7(11)12/h1-3,7H,17H2. The van der Waals surface area contributed by atoms with Gasteiger partial charge in [-0.1, -0.05) is 0 Å². The second kappa shape index (κ2) is 4.54. The zero-order chi connectivity index (χ0) is 14.1. The van der Waals surface area contributed by atoms with Crippen LogP contribution in [0, 0.1) is 5.82 Å². The number of alkyl halides is 6. The second-order valence-corrected chi connectivity index (χ2v) is 3.23. The summed E-state index contributed by atoms with van der Waals surface area (Å²) in [6, 6.07) is 1.69. The minimum absolute atomic E-state index is 0.283. The van der Waals surface area contributed by atoms with Crippen molar-refractivity contribution in [2.24, 2.45) is 0 Å². The fraction of sp³-hybridized carbons (Fsp3) is 0.333. The third kappa shape index (κ3) is 2.59. The number of hydrogen-bond acceptors (Lipinski definition) is 2. The molecule has 0 aliphatic heterocycles. The Kier molecular flexibility index (Phi) is 3.63. The van der Waals surface area contributed by atoms with Crippen LogP contribution >= 0.6 is 0 Å². The number of anilines is 1. The van der Waals surface area contributed by atoms with E-state index in [4.69, 9.17) is 5.73 Å². The van der Waals surface area contributed by atoms with Crippen LogP contribution in [0.15, 0.2) is 18.2 Å². The van der Waals surface area contributed by atoms with Crippen molar-refractivity contribution < 1.29 is 35.5 Å². The maximum Gasteiger partial charge on any atom is 0.470 e. The van der Waals surface area contributed by atoms with Gasteiger partial charge in [0.1, 0.15) is 11.6 Å². The van der Waals surface area contributed by atoms with Crippen molar-refractivity contribution in [3.8, 4) is 5.75 Å². The molecule has 0 saturated heterocycles. The van der Waals surface area contributed by atoms with Gasteiger partial charge in [0.25, 0.3) is 0 Å². The number of rotatable bonds is 4. The van der Waals surface area contributed by atoms with Gasteiger partial charge in [0.2, 0.25) is 0 Å². The van der Waals surface area contributed by atoms with Crippen LogP contribution in [0.4, 0.5) is 36.4 Å². The molecule has 2 N–H and O–H groups in total. The Labute approximate surface area is 96.1 Å². The molecule has 0 saturated carbocycles. The Morgan fingerprint density at radius 1 is 1.11 bits per heavy atom. The van der Waals surface area contributed by atoms with Crippen molar-refractivity contribution in [3.63, 3.8) is 0 Å². The largest absolute Gasteiger partial charge is 0.470 e. The smallest absolute Gasteiger partial charge is 0.428 e. The van der Waals surface area contributed by atoms with E-state index >= 15 is 0 Å². The Hall–Kier alpha value is -1.67. The van der Waals surface area contributed by atoms with Gasteiger partial charge in [0.15, 0.2) is 0 Å². The molecule has 0 atom stereocenters. The number of benzene rings is 1. The van der Waals surface area contributed by atoms with Crippen LogP contribution in [-0.2, 0) is 0 Å². The summed E-state index contributed by atoms with van der Waals surface area (Å²) >= 11 is 0. The molecule has 1 rings (SSSR count). The van der Waals surface area contributed by atoms with Crippen molar-refractivity contribution in [1.29, 1.82) is 0 Å². The average molecular weight is 277 g/mol. The lowest BCUT2D eigenvalue weighted by molar-refractivity contribution is -0.342. The van der Waals surface area contributed by atoms with Crippen LogP contribution in [0.1, 0.15) is 0 Å². The molecule has 0 amide bonds. The molecule has 0 radical (unpaired) electrons. The highest BCUT2D eigenvalue weighted by Gasteiger charge is 2.66. The molecular weight excluding hydrogens is 271 g/mol. The molecule has 0 aromatic heterocycles. The summed E-state index contributed by atoms with van der Waals surface area (Å²) in [5, 5.41) is 0. The highest BCUT2D eigenvalue weighted by atomic mass is 19.3. The number of hydrogen-bond donors (Lipinski definition) is 1. The second-order valence-electron chi connectivity index (χ2n) is 3.23. The van der Waals surface area contributed by atoms with Crippen LogP contribution in [0.2, 0.25) is 0 Å². The number of nitrogens with two attached hydrogens (primary N) is 1. The molecule has 1 aromatic rings. The molecule has 0 aliphatic carbocycles. The first kappa shape index (κ1) is 14.4. The van der Waals surface area contributed by atoms with Crippen molar-refractivity contribution in [1.82, 2.24) is 0 Å². The van der Waals surface area contributed by atoms with E-state index in [1.165, 1.54) is 0 Å². The van der Waals surface area contributed by atoms with Gasteiger partial charge >= 0.3 is 18.5 Å². The summed E-state index contributed by atoms with van der Waals surface area (Å²) in [6.45, 7) is 0. The van der Waals surface area contributed by atoms with E-state index in [1.54, 1.807) is 0 Å². The molecule has 0 heterocycles. The number of nitrogen functional groups attached to an aromatic ring is 1. The minimum Gasteiger partial charge on any atom is -0.428 e. The first-order valence-electron chi connectivity index (χ1n) is 4.35. The quantitative estimate of drug-likeness (QED) is 0.677. The van der Waals surface area contributed by atoms with E-state index < -0.39 is 35.7 Å². The lowest BCUT2D eigenvalue weighted by Gasteiger charge is -2.25. The first-order chi connectivity index (χ1) is 8.08. The highest BCUT2D eigenvalue weighted by Crippen LogP contribution is 2.40. The summed E-state index contributed by atoms with van der Waals surface area (Å²) in [7, 11) is 0. The van der Waals surface area contributed by atoms with E-state index in [2.05, 4.69) is 4.74 Å². The van der Waals surface area contributed by atoms with Gasteiger partial charge in [-0.25, -0.2) is 13.2 Å². The zero-order valence-electron chi connectivity index (χ0n) is 8.44. The van der Waals surface area contributed by atoms with Crippen molar-refractivity contribution >= 4 is 5.69 Å². The molecule has 0 unspecified atom stereocenters. The summed E-state index contributed by atoms with van der Waals surface area (Å²) in [5.41, 5.74) is 4.56. The van der Waals surface area contributed by atoms with Crippen molar-refractivity contribution in [3.05, 3.63) is 24.0 Å². The van der Waals surface area contributed by atoms with Gasteiger partial charge < -0.3 is 10.5 Å². The number of halogens is 7. The predicted molar refractivity (Wildman–Crippen MR) is 47.3 cm³/mol. The van der Waals surface area contributed by atoms with Gasteiger partial charge in [-0.15, -0.1) is 0 Å². The summed E-state index contributed by atoms with van der Waals surface area (Å²) in [4.78, 5) is 0. The molecule has 0 aliphatic rings. The summed E-state index contributed by atoms with van der Waals surface area (Å²) in [6.07, 6.45) is -10.1. The van der Waals surface area contributed by atoms with Crippen molar-refractivity contribution in [2.45, 2.75) is 18.5 Å². The van der Waals surface area contributed by atoms with E-state index in [0.29, 0.717) is 6.07 Å². The molecule has 1 aromatic carbocycles. The van der Waals surface area contributed by atoms with Gasteiger partial charge in [-0.05, 0) is 12.1 Å². The molecule has 0 spiro atoms. The fourth-order valence-corrected chi connectivity index (χ4v) is 0.914. The Morgan fingerprint density at radius 3 is 2.11 bits per heavy atom.